The molecule has 0 aliphatic rings. The lowest BCUT2D eigenvalue weighted by atomic mass is 10.1. The van der Waals surface area contributed by atoms with Gasteiger partial charge < -0.3 is 5.32 Å². The first kappa shape index (κ1) is 12.5. The average Bonchev–Trinajstić information content (AvgIpc) is 2.41. The third kappa shape index (κ3) is 3.03. The number of halogens is 1. The van der Waals surface area contributed by atoms with Crippen molar-refractivity contribution < 1.29 is 0 Å². The van der Waals surface area contributed by atoms with Crippen molar-refractivity contribution in [1.82, 2.24) is 0 Å². The van der Waals surface area contributed by atoms with Crippen molar-refractivity contribution in [2.75, 3.05) is 5.32 Å². The van der Waals surface area contributed by atoms with Crippen LogP contribution in [0.2, 0.25) is 5.02 Å². The Bertz CT molecular complexity index is 582. The van der Waals surface area contributed by atoms with E-state index in [1.165, 1.54) is 0 Å². The summed E-state index contributed by atoms with van der Waals surface area (Å²) in [4.78, 5) is 0. The summed E-state index contributed by atoms with van der Waals surface area (Å²) in [5.74, 6) is 0. The molecule has 2 nitrogen and oxygen atoms in total. The Kier molecular flexibility index (Phi) is 3.86. The fourth-order valence-corrected chi connectivity index (χ4v) is 1.82. The molecule has 0 atom stereocenters. The van der Waals surface area contributed by atoms with Crippen LogP contribution in [0.3, 0.4) is 0 Å². The molecule has 0 amide bonds. The quantitative estimate of drug-likeness (QED) is 0.896. The van der Waals surface area contributed by atoms with Gasteiger partial charge in [0.1, 0.15) is 0 Å². The van der Waals surface area contributed by atoms with Gasteiger partial charge in [0, 0.05) is 17.3 Å². The lowest BCUT2D eigenvalue weighted by Gasteiger charge is -2.07. The molecule has 0 unspecified atom stereocenters. The standard InChI is InChI=1S/C15H13ClN2/c1-11-2-3-13(8-15(11)16)10-18-14-6-4-12(9-17)5-7-14/h2-8,18H,10H2,1H3. The molecule has 2 aromatic carbocycles. The molecule has 0 bridgehead atoms. The molecule has 0 fully saturated rings. The Labute approximate surface area is 112 Å². The van der Waals surface area contributed by atoms with Crippen molar-refractivity contribution in [3.63, 3.8) is 0 Å². The number of hydrogen-bond donors (Lipinski definition) is 1. The highest BCUT2D eigenvalue weighted by molar-refractivity contribution is 6.31. The summed E-state index contributed by atoms with van der Waals surface area (Å²) in [6.07, 6.45) is 0. The molecule has 0 spiro atoms. The Morgan fingerprint density at radius 3 is 2.50 bits per heavy atom. The van der Waals surface area contributed by atoms with Crippen LogP contribution in [0.5, 0.6) is 0 Å². The molecular formula is C15H13ClN2. The first-order valence-corrected chi connectivity index (χ1v) is 6.06. The minimum atomic E-state index is 0.666. The summed E-state index contributed by atoms with van der Waals surface area (Å²) in [6.45, 7) is 2.70. The molecule has 0 aliphatic carbocycles. The zero-order valence-corrected chi connectivity index (χ0v) is 10.8. The van der Waals surface area contributed by atoms with E-state index in [0.717, 1.165) is 21.8 Å². The van der Waals surface area contributed by atoms with Gasteiger partial charge in [-0.05, 0) is 48.4 Å². The number of rotatable bonds is 3. The van der Waals surface area contributed by atoms with Crippen LogP contribution < -0.4 is 5.32 Å². The number of anilines is 1. The highest BCUT2D eigenvalue weighted by atomic mass is 35.5. The molecule has 2 aromatic rings. The minimum Gasteiger partial charge on any atom is -0.381 e. The lowest BCUT2D eigenvalue weighted by molar-refractivity contribution is 1.14. The summed E-state index contributed by atoms with van der Waals surface area (Å²) in [5, 5.41) is 12.8. The van der Waals surface area contributed by atoms with Crippen molar-refractivity contribution in [2.24, 2.45) is 0 Å². The lowest BCUT2D eigenvalue weighted by Crippen LogP contribution is -1.99. The van der Waals surface area contributed by atoms with Crippen LogP contribution in [0, 0.1) is 18.3 Å². The molecule has 0 heterocycles. The van der Waals surface area contributed by atoms with Crippen molar-refractivity contribution in [3.05, 3.63) is 64.2 Å². The minimum absolute atomic E-state index is 0.666. The van der Waals surface area contributed by atoms with Crippen LogP contribution in [0.1, 0.15) is 16.7 Å². The Morgan fingerprint density at radius 2 is 1.89 bits per heavy atom. The summed E-state index contributed by atoms with van der Waals surface area (Å²) in [6, 6.07) is 15.5. The highest BCUT2D eigenvalue weighted by Crippen LogP contribution is 2.18. The maximum absolute atomic E-state index is 8.71. The Hall–Kier alpha value is -1.98. The predicted octanol–water partition coefficient (Wildman–Crippen LogP) is 4.13. The van der Waals surface area contributed by atoms with Crippen LogP contribution in [-0.4, -0.2) is 0 Å². The molecule has 2 rings (SSSR count). The van der Waals surface area contributed by atoms with Crippen molar-refractivity contribution in [2.45, 2.75) is 13.5 Å². The molecule has 90 valence electrons. The fraction of sp³-hybridized carbons (Fsp3) is 0.133. The van der Waals surface area contributed by atoms with Gasteiger partial charge in [0.25, 0.3) is 0 Å². The first-order chi connectivity index (χ1) is 8.69. The van der Waals surface area contributed by atoms with Crippen LogP contribution in [-0.2, 0) is 6.54 Å². The number of nitrogens with one attached hydrogen (secondary N) is 1. The maximum Gasteiger partial charge on any atom is 0.0991 e. The molecule has 0 saturated carbocycles. The topological polar surface area (TPSA) is 35.8 Å². The SMILES string of the molecule is Cc1ccc(CNc2ccc(C#N)cc2)cc1Cl. The smallest absolute Gasteiger partial charge is 0.0991 e. The van der Waals surface area contributed by atoms with Gasteiger partial charge in [-0.1, -0.05) is 23.7 Å². The van der Waals surface area contributed by atoms with Crippen LogP contribution in [0.25, 0.3) is 0 Å². The van der Waals surface area contributed by atoms with E-state index >= 15 is 0 Å². The Balaban J connectivity index is 2.02. The van der Waals surface area contributed by atoms with Gasteiger partial charge in [-0.25, -0.2) is 0 Å². The monoisotopic (exact) mass is 256 g/mol. The predicted molar refractivity (Wildman–Crippen MR) is 74.7 cm³/mol. The van der Waals surface area contributed by atoms with Gasteiger partial charge >= 0.3 is 0 Å². The Morgan fingerprint density at radius 1 is 1.17 bits per heavy atom. The third-order valence-corrected chi connectivity index (χ3v) is 3.15. The maximum atomic E-state index is 8.71. The summed E-state index contributed by atoms with van der Waals surface area (Å²) >= 11 is 6.07. The third-order valence-electron chi connectivity index (χ3n) is 2.75. The van der Waals surface area contributed by atoms with E-state index in [0.29, 0.717) is 12.1 Å². The van der Waals surface area contributed by atoms with Crippen molar-refractivity contribution >= 4 is 17.3 Å². The van der Waals surface area contributed by atoms with Crippen molar-refractivity contribution in [1.29, 1.82) is 5.26 Å². The van der Waals surface area contributed by atoms with E-state index in [4.69, 9.17) is 16.9 Å². The molecule has 18 heavy (non-hydrogen) atoms. The molecule has 0 aromatic heterocycles. The van der Waals surface area contributed by atoms with Gasteiger partial charge in [-0.3, -0.25) is 0 Å². The summed E-state index contributed by atoms with van der Waals surface area (Å²) < 4.78 is 0. The second-order valence-corrected chi connectivity index (χ2v) is 4.53. The average molecular weight is 257 g/mol. The molecule has 3 heteroatoms. The van der Waals surface area contributed by atoms with Crippen LogP contribution >= 0.6 is 11.6 Å². The molecule has 0 aliphatic heterocycles. The molecule has 1 N–H and O–H groups in total. The molecular weight excluding hydrogens is 244 g/mol. The summed E-state index contributed by atoms with van der Waals surface area (Å²) in [5.41, 5.74) is 3.87. The second-order valence-electron chi connectivity index (χ2n) is 4.13. The van der Waals surface area contributed by atoms with E-state index in [1.54, 1.807) is 12.1 Å². The number of nitriles is 1. The van der Waals surface area contributed by atoms with Gasteiger partial charge in [-0.2, -0.15) is 5.26 Å². The first-order valence-electron chi connectivity index (χ1n) is 5.68. The fourth-order valence-electron chi connectivity index (χ4n) is 1.61. The van der Waals surface area contributed by atoms with E-state index < -0.39 is 0 Å². The second kappa shape index (κ2) is 5.57. The van der Waals surface area contributed by atoms with Crippen LogP contribution in [0.4, 0.5) is 5.69 Å². The summed E-state index contributed by atoms with van der Waals surface area (Å²) in [7, 11) is 0. The van der Waals surface area contributed by atoms with E-state index in [2.05, 4.69) is 17.5 Å². The zero-order valence-electron chi connectivity index (χ0n) is 10.1. The van der Waals surface area contributed by atoms with Gasteiger partial charge in [0.05, 0.1) is 11.6 Å². The molecule has 0 saturated heterocycles. The van der Waals surface area contributed by atoms with E-state index in [-0.39, 0.29) is 0 Å². The number of hydrogen-bond acceptors (Lipinski definition) is 2. The normalized spacial score (nSPS) is 9.83. The van der Waals surface area contributed by atoms with Gasteiger partial charge in [0.15, 0.2) is 0 Å². The van der Waals surface area contributed by atoms with Gasteiger partial charge in [0.2, 0.25) is 0 Å². The number of aryl methyl sites for hydroxylation is 1. The number of benzene rings is 2. The van der Waals surface area contributed by atoms with Gasteiger partial charge in [-0.15, -0.1) is 0 Å². The van der Waals surface area contributed by atoms with Crippen molar-refractivity contribution in [3.8, 4) is 6.07 Å². The van der Waals surface area contributed by atoms with Crippen LogP contribution in [0.15, 0.2) is 42.5 Å². The highest BCUT2D eigenvalue weighted by Gasteiger charge is 1.98. The largest absolute Gasteiger partial charge is 0.381 e. The molecule has 0 radical (unpaired) electrons. The zero-order chi connectivity index (χ0) is 13.0. The number of nitrogens with zero attached hydrogens (tertiary/aromatic N) is 1. The van der Waals surface area contributed by atoms with E-state index in [1.807, 2.05) is 31.2 Å². The van der Waals surface area contributed by atoms with E-state index in [9.17, 15) is 0 Å².